The standard InChI is InChI=1S/C14H21N3O2/c1-3-4-10-7-17(8-12(10)15)13-11(14(18)19)6-5-9(2)16-13/h5-6,10,12H,3-4,7-8,15H2,1-2H3,(H,18,19)/t10-,12-/m0/s1. The zero-order valence-corrected chi connectivity index (χ0v) is 11.5. The summed E-state index contributed by atoms with van der Waals surface area (Å²) >= 11 is 0. The number of nitrogens with two attached hydrogens (primary N) is 1. The quantitative estimate of drug-likeness (QED) is 0.863. The second-order valence-corrected chi connectivity index (χ2v) is 5.25. The van der Waals surface area contributed by atoms with Crippen molar-refractivity contribution in [3.8, 4) is 0 Å². The third-order valence-electron chi connectivity index (χ3n) is 3.70. The number of pyridine rings is 1. The summed E-state index contributed by atoms with van der Waals surface area (Å²) in [4.78, 5) is 17.7. The number of carbonyl (C=O) groups is 1. The highest BCUT2D eigenvalue weighted by molar-refractivity contribution is 5.93. The van der Waals surface area contributed by atoms with E-state index >= 15 is 0 Å². The van der Waals surface area contributed by atoms with Gasteiger partial charge in [-0.15, -0.1) is 0 Å². The number of aryl methyl sites for hydroxylation is 1. The number of carboxylic acid groups (broad SMARTS) is 1. The van der Waals surface area contributed by atoms with Gasteiger partial charge >= 0.3 is 5.97 Å². The lowest BCUT2D eigenvalue weighted by atomic mass is 9.99. The van der Waals surface area contributed by atoms with Crippen LogP contribution in [0.1, 0.15) is 35.8 Å². The van der Waals surface area contributed by atoms with Gasteiger partial charge < -0.3 is 15.7 Å². The minimum atomic E-state index is -0.935. The molecule has 0 amide bonds. The minimum absolute atomic E-state index is 0.101. The monoisotopic (exact) mass is 263 g/mol. The van der Waals surface area contributed by atoms with Crippen LogP contribution in [-0.2, 0) is 0 Å². The largest absolute Gasteiger partial charge is 0.478 e. The van der Waals surface area contributed by atoms with Crippen molar-refractivity contribution in [2.24, 2.45) is 11.7 Å². The Kier molecular flexibility index (Phi) is 4.04. The molecule has 1 aromatic heterocycles. The van der Waals surface area contributed by atoms with E-state index in [1.165, 1.54) is 0 Å². The molecule has 2 rings (SSSR count). The molecule has 1 saturated heterocycles. The molecular weight excluding hydrogens is 242 g/mol. The van der Waals surface area contributed by atoms with E-state index < -0.39 is 5.97 Å². The maximum absolute atomic E-state index is 11.3. The predicted octanol–water partition coefficient (Wildman–Crippen LogP) is 1.65. The van der Waals surface area contributed by atoms with Crippen LogP contribution in [0.4, 0.5) is 5.82 Å². The molecule has 0 unspecified atom stereocenters. The van der Waals surface area contributed by atoms with Crippen LogP contribution in [0.5, 0.6) is 0 Å². The third-order valence-corrected chi connectivity index (χ3v) is 3.70. The van der Waals surface area contributed by atoms with Crippen molar-refractivity contribution in [3.63, 3.8) is 0 Å². The number of nitrogens with zero attached hydrogens (tertiary/aromatic N) is 2. The van der Waals surface area contributed by atoms with Crippen molar-refractivity contribution in [1.82, 2.24) is 4.98 Å². The van der Waals surface area contributed by atoms with Crippen molar-refractivity contribution < 1.29 is 9.90 Å². The average Bonchev–Trinajstić information content (AvgIpc) is 2.71. The van der Waals surface area contributed by atoms with Gasteiger partial charge in [0.25, 0.3) is 0 Å². The Labute approximate surface area is 113 Å². The van der Waals surface area contributed by atoms with Crippen molar-refractivity contribution in [2.75, 3.05) is 18.0 Å². The number of carboxylic acids is 1. The SMILES string of the molecule is CCC[C@H]1CN(c2nc(C)ccc2C(=O)O)C[C@@H]1N. The molecular formula is C14H21N3O2. The number of hydrogen-bond acceptors (Lipinski definition) is 4. The van der Waals surface area contributed by atoms with Crippen LogP contribution in [-0.4, -0.2) is 35.2 Å². The third kappa shape index (κ3) is 2.87. The number of rotatable bonds is 4. The number of aromatic carboxylic acids is 1. The number of aromatic nitrogens is 1. The van der Waals surface area contributed by atoms with Gasteiger partial charge in [0.15, 0.2) is 0 Å². The first-order valence-corrected chi connectivity index (χ1v) is 6.74. The van der Waals surface area contributed by atoms with Crippen LogP contribution >= 0.6 is 0 Å². The fourth-order valence-electron chi connectivity index (χ4n) is 2.70. The molecule has 1 aromatic rings. The second-order valence-electron chi connectivity index (χ2n) is 5.25. The fourth-order valence-corrected chi connectivity index (χ4v) is 2.70. The van der Waals surface area contributed by atoms with Gasteiger partial charge in [0, 0.05) is 24.8 Å². The van der Waals surface area contributed by atoms with Crippen LogP contribution in [0, 0.1) is 12.8 Å². The van der Waals surface area contributed by atoms with Gasteiger partial charge in [0.05, 0.1) is 0 Å². The van der Waals surface area contributed by atoms with Crippen LogP contribution in [0.3, 0.4) is 0 Å². The number of anilines is 1. The van der Waals surface area contributed by atoms with E-state index in [2.05, 4.69) is 11.9 Å². The van der Waals surface area contributed by atoms with E-state index in [1.54, 1.807) is 12.1 Å². The molecule has 3 N–H and O–H groups in total. The Balaban J connectivity index is 2.27. The summed E-state index contributed by atoms with van der Waals surface area (Å²) in [5.74, 6) is 0.0468. The first kappa shape index (κ1) is 13.8. The molecule has 5 heteroatoms. The van der Waals surface area contributed by atoms with Crippen molar-refractivity contribution in [3.05, 3.63) is 23.4 Å². The van der Waals surface area contributed by atoms with Crippen molar-refractivity contribution in [2.45, 2.75) is 32.7 Å². The smallest absolute Gasteiger partial charge is 0.339 e. The highest BCUT2D eigenvalue weighted by atomic mass is 16.4. The molecule has 19 heavy (non-hydrogen) atoms. The Bertz CT molecular complexity index is 476. The van der Waals surface area contributed by atoms with Gasteiger partial charge in [-0.3, -0.25) is 0 Å². The zero-order chi connectivity index (χ0) is 14.0. The van der Waals surface area contributed by atoms with Gasteiger partial charge in [0.2, 0.25) is 0 Å². The number of hydrogen-bond donors (Lipinski definition) is 2. The van der Waals surface area contributed by atoms with Gasteiger partial charge in [-0.05, 0) is 31.4 Å². The van der Waals surface area contributed by atoms with Crippen LogP contribution in [0.15, 0.2) is 12.1 Å². The van der Waals surface area contributed by atoms with Crippen LogP contribution < -0.4 is 10.6 Å². The summed E-state index contributed by atoms with van der Waals surface area (Å²) in [5, 5.41) is 9.25. The molecule has 1 fully saturated rings. The molecule has 104 valence electrons. The van der Waals surface area contributed by atoms with Crippen LogP contribution in [0.2, 0.25) is 0 Å². The summed E-state index contributed by atoms with van der Waals surface area (Å²) in [5.41, 5.74) is 7.23. The Hall–Kier alpha value is -1.62. The molecule has 0 aliphatic carbocycles. The lowest BCUT2D eigenvalue weighted by Gasteiger charge is -2.19. The molecule has 1 aliphatic rings. The molecule has 0 aromatic carbocycles. The molecule has 2 atom stereocenters. The van der Waals surface area contributed by atoms with E-state index in [4.69, 9.17) is 5.73 Å². The van der Waals surface area contributed by atoms with Gasteiger partial charge in [-0.1, -0.05) is 13.3 Å². The molecule has 0 spiro atoms. The average molecular weight is 263 g/mol. The fraction of sp³-hybridized carbons (Fsp3) is 0.571. The Morgan fingerprint density at radius 2 is 2.26 bits per heavy atom. The van der Waals surface area contributed by atoms with Crippen molar-refractivity contribution >= 4 is 11.8 Å². The lowest BCUT2D eigenvalue weighted by Crippen LogP contribution is -2.30. The van der Waals surface area contributed by atoms with E-state index in [0.29, 0.717) is 18.3 Å². The van der Waals surface area contributed by atoms with E-state index in [-0.39, 0.29) is 11.6 Å². The summed E-state index contributed by atoms with van der Waals surface area (Å²) < 4.78 is 0. The van der Waals surface area contributed by atoms with Gasteiger partial charge in [0.1, 0.15) is 11.4 Å². The van der Waals surface area contributed by atoms with Gasteiger partial charge in [-0.25, -0.2) is 9.78 Å². The van der Waals surface area contributed by atoms with Gasteiger partial charge in [-0.2, -0.15) is 0 Å². The highest BCUT2D eigenvalue weighted by Gasteiger charge is 2.32. The first-order chi connectivity index (χ1) is 9.02. The first-order valence-electron chi connectivity index (χ1n) is 6.74. The summed E-state index contributed by atoms with van der Waals surface area (Å²) in [6.45, 7) is 5.49. The Morgan fingerprint density at radius 1 is 1.53 bits per heavy atom. The summed E-state index contributed by atoms with van der Waals surface area (Å²) in [6, 6.07) is 3.45. The molecule has 1 aliphatic heterocycles. The molecule has 0 bridgehead atoms. The Morgan fingerprint density at radius 3 is 2.89 bits per heavy atom. The minimum Gasteiger partial charge on any atom is -0.478 e. The second kappa shape index (κ2) is 5.57. The zero-order valence-electron chi connectivity index (χ0n) is 11.5. The van der Waals surface area contributed by atoms with E-state index in [1.807, 2.05) is 11.8 Å². The highest BCUT2D eigenvalue weighted by Crippen LogP contribution is 2.27. The molecule has 0 saturated carbocycles. The maximum Gasteiger partial charge on any atom is 0.339 e. The summed E-state index contributed by atoms with van der Waals surface area (Å²) in [6.07, 6.45) is 2.17. The molecule has 5 nitrogen and oxygen atoms in total. The molecule has 0 radical (unpaired) electrons. The normalized spacial score (nSPS) is 22.8. The van der Waals surface area contributed by atoms with Crippen LogP contribution in [0.25, 0.3) is 0 Å². The predicted molar refractivity (Wildman–Crippen MR) is 74.5 cm³/mol. The topological polar surface area (TPSA) is 79.5 Å². The van der Waals surface area contributed by atoms with Crippen molar-refractivity contribution in [1.29, 1.82) is 0 Å². The van der Waals surface area contributed by atoms with E-state index in [0.717, 1.165) is 25.1 Å². The lowest BCUT2D eigenvalue weighted by molar-refractivity contribution is 0.0697. The summed E-state index contributed by atoms with van der Waals surface area (Å²) in [7, 11) is 0. The van der Waals surface area contributed by atoms with E-state index in [9.17, 15) is 9.90 Å². The maximum atomic E-state index is 11.3. The molecule has 2 heterocycles.